The van der Waals surface area contributed by atoms with Crippen LogP contribution in [-0.2, 0) is 20.9 Å². The van der Waals surface area contributed by atoms with Crippen molar-refractivity contribution in [3.63, 3.8) is 0 Å². The predicted molar refractivity (Wildman–Crippen MR) is 77.6 cm³/mol. The van der Waals surface area contributed by atoms with Crippen LogP contribution in [0.4, 0.5) is 0 Å². The summed E-state index contributed by atoms with van der Waals surface area (Å²) in [5.41, 5.74) is 1.88. The van der Waals surface area contributed by atoms with Gasteiger partial charge >= 0.3 is 5.97 Å². The van der Waals surface area contributed by atoms with Crippen LogP contribution < -0.4 is 0 Å². The first kappa shape index (κ1) is 15.5. The van der Waals surface area contributed by atoms with Gasteiger partial charge in [0.05, 0.1) is 18.2 Å². The molecule has 2 rings (SSSR count). The number of rotatable bonds is 4. The highest BCUT2D eigenvalue weighted by Gasteiger charge is 2.29. The molecule has 1 amide bonds. The van der Waals surface area contributed by atoms with E-state index in [4.69, 9.17) is 4.74 Å². The Morgan fingerprint density at radius 1 is 1.43 bits per heavy atom. The average molecular weight is 293 g/mol. The molecule has 0 aromatic carbocycles. The third kappa shape index (κ3) is 3.83. The molecule has 0 bridgehead atoms. The van der Waals surface area contributed by atoms with Gasteiger partial charge in [-0.2, -0.15) is 5.10 Å². The van der Waals surface area contributed by atoms with E-state index in [1.54, 1.807) is 16.5 Å². The Bertz CT molecular complexity index is 524. The van der Waals surface area contributed by atoms with E-state index in [-0.39, 0.29) is 24.3 Å². The summed E-state index contributed by atoms with van der Waals surface area (Å²) < 4.78 is 6.77. The fraction of sp³-hybridized carbons (Fsp3) is 0.667. The van der Waals surface area contributed by atoms with Crippen molar-refractivity contribution in [1.82, 2.24) is 14.7 Å². The zero-order valence-electron chi connectivity index (χ0n) is 13.0. The second-order valence-electron chi connectivity index (χ2n) is 5.52. The number of hydrogen-bond donors (Lipinski definition) is 0. The van der Waals surface area contributed by atoms with E-state index in [9.17, 15) is 9.59 Å². The summed E-state index contributed by atoms with van der Waals surface area (Å²) in [6, 6.07) is 1.95. The molecular formula is C15H23N3O3. The maximum atomic E-state index is 12.4. The number of ether oxygens (including phenoxy) is 1. The molecule has 1 aromatic heterocycles. The Hall–Kier alpha value is -1.85. The molecule has 1 atom stereocenters. The summed E-state index contributed by atoms with van der Waals surface area (Å²) in [5, 5.41) is 4.31. The Labute approximate surface area is 125 Å². The lowest BCUT2D eigenvalue weighted by Crippen LogP contribution is -2.44. The van der Waals surface area contributed by atoms with E-state index in [1.165, 1.54) is 0 Å². The van der Waals surface area contributed by atoms with Crippen LogP contribution in [0.25, 0.3) is 0 Å². The molecular weight excluding hydrogens is 270 g/mol. The van der Waals surface area contributed by atoms with Crippen LogP contribution >= 0.6 is 0 Å². The first-order chi connectivity index (χ1) is 10.0. The van der Waals surface area contributed by atoms with E-state index in [0.29, 0.717) is 19.7 Å². The molecule has 0 aliphatic carbocycles. The Morgan fingerprint density at radius 2 is 2.19 bits per heavy atom. The second kappa shape index (κ2) is 6.74. The van der Waals surface area contributed by atoms with Gasteiger partial charge in [0.25, 0.3) is 0 Å². The van der Waals surface area contributed by atoms with Gasteiger partial charge in [-0.25, -0.2) is 0 Å². The minimum atomic E-state index is -0.193. The highest BCUT2D eigenvalue weighted by molar-refractivity contribution is 5.78. The van der Waals surface area contributed by atoms with Crippen molar-refractivity contribution in [1.29, 1.82) is 0 Å². The van der Waals surface area contributed by atoms with Crippen LogP contribution in [0.15, 0.2) is 6.07 Å². The van der Waals surface area contributed by atoms with Gasteiger partial charge in [-0.1, -0.05) is 0 Å². The Balaban J connectivity index is 1.96. The lowest BCUT2D eigenvalue weighted by Gasteiger charge is -2.31. The van der Waals surface area contributed by atoms with Gasteiger partial charge in [0, 0.05) is 18.8 Å². The quantitative estimate of drug-likeness (QED) is 0.785. The number of likely N-dealkylation sites (tertiary alicyclic amines) is 1. The zero-order valence-corrected chi connectivity index (χ0v) is 13.0. The van der Waals surface area contributed by atoms with Crippen molar-refractivity contribution in [3.05, 3.63) is 17.5 Å². The van der Waals surface area contributed by atoms with Crippen molar-refractivity contribution < 1.29 is 14.3 Å². The van der Waals surface area contributed by atoms with Gasteiger partial charge in [0.1, 0.15) is 6.54 Å². The van der Waals surface area contributed by atoms with Crippen molar-refractivity contribution in [2.24, 2.45) is 5.92 Å². The summed E-state index contributed by atoms with van der Waals surface area (Å²) >= 11 is 0. The third-order valence-corrected chi connectivity index (χ3v) is 3.78. The highest BCUT2D eigenvalue weighted by Crippen LogP contribution is 2.18. The summed E-state index contributed by atoms with van der Waals surface area (Å²) in [6.07, 6.45) is 1.63. The molecule has 6 nitrogen and oxygen atoms in total. The molecule has 116 valence electrons. The molecule has 1 saturated heterocycles. The van der Waals surface area contributed by atoms with Crippen molar-refractivity contribution in [3.8, 4) is 0 Å². The number of amides is 1. The van der Waals surface area contributed by atoms with Crippen LogP contribution in [0, 0.1) is 19.8 Å². The molecule has 21 heavy (non-hydrogen) atoms. The van der Waals surface area contributed by atoms with Gasteiger partial charge in [-0.05, 0) is 39.7 Å². The fourth-order valence-corrected chi connectivity index (χ4v) is 2.72. The van der Waals surface area contributed by atoms with Gasteiger partial charge < -0.3 is 9.64 Å². The van der Waals surface area contributed by atoms with E-state index >= 15 is 0 Å². The lowest BCUT2D eigenvalue weighted by molar-refractivity contribution is -0.151. The molecule has 1 aliphatic heterocycles. The minimum absolute atomic E-state index is 0.00944. The van der Waals surface area contributed by atoms with Crippen LogP contribution in [0.2, 0.25) is 0 Å². The monoisotopic (exact) mass is 293 g/mol. The number of esters is 1. The largest absolute Gasteiger partial charge is 0.466 e. The van der Waals surface area contributed by atoms with Gasteiger partial charge in [0.15, 0.2) is 0 Å². The summed E-state index contributed by atoms with van der Waals surface area (Å²) in [6.45, 7) is 7.41. The average Bonchev–Trinajstić information content (AvgIpc) is 2.77. The molecule has 0 N–H and O–H groups in total. The second-order valence-corrected chi connectivity index (χ2v) is 5.52. The van der Waals surface area contributed by atoms with Gasteiger partial charge in [0.2, 0.25) is 5.91 Å². The minimum Gasteiger partial charge on any atom is -0.466 e. The zero-order chi connectivity index (χ0) is 15.4. The standard InChI is InChI=1S/C15H23N3O3/c1-4-21-15(20)13-6-5-7-17(9-13)14(19)10-18-12(3)8-11(2)16-18/h8,13H,4-7,9-10H2,1-3H3/t13-/m0/s1. The Kier molecular flexibility index (Phi) is 4.98. The van der Waals surface area contributed by atoms with Crippen LogP contribution in [0.5, 0.6) is 0 Å². The topological polar surface area (TPSA) is 64.4 Å². The molecule has 6 heteroatoms. The highest BCUT2D eigenvalue weighted by atomic mass is 16.5. The number of carbonyl (C=O) groups excluding carboxylic acids is 2. The first-order valence-corrected chi connectivity index (χ1v) is 7.46. The van der Waals surface area contributed by atoms with Crippen molar-refractivity contribution in [2.75, 3.05) is 19.7 Å². The number of aromatic nitrogens is 2. The normalized spacial score (nSPS) is 18.6. The first-order valence-electron chi connectivity index (χ1n) is 7.46. The SMILES string of the molecule is CCOC(=O)[C@H]1CCCN(C(=O)Cn2nc(C)cc2C)C1. The van der Waals surface area contributed by atoms with Crippen molar-refractivity contribution >= 4 is 11.9 Å². The number of hydrogen-bond acceptors (Lipinski definition) is 4. The van der Waals surface area contributed by atoms with E-state index in [2.05, 4.69) is 5.10 Å². The van der Waals surface area contributed by atoms with Gasteiger partial charge in [-0.3, -0.25) is 14.3 Å². The number of piperidine rings is 1. The Morgan fingerprint density at radius 3 is 2.81 bits per heavy atom. The fourth-order valence-electron chi connectivity index (χ4n) is 2.72. The number of nitrogens with zero attached hydrogens (tertiary/aromatic N) is 3. The summed E-state index contributed by atoms with van der Waals surface area (Å²) in [7, 11) is 0. The molecule has 1 fully saturated rings. The van der Waals surface area contributed by atoms with Crippen LogP contribution in [0.3, 0.4) is 0 Å². The molecule has 0 unspecified atom stereocenters. The maximum Gasteiger partial charge on any atom is 0.310 e. The third-order valence-electron chi connectivity index (χ3n) is 3.78. The van der Waals surface area contributed by atoms with E-state index in [0.717, 1.165) is 24.2 Å². The van der Waals surface area contributed by atoms with Crippen LogP contribution in [0.1, 0.15) is 31.2 Å². The van der Waals surface area contributed by atoms with E-state index in [1.807, 2.05) is 19.9 Å². The molecule has 2 heterocycles. The molecule has 0 saturated carbocycles. The van der Waals surface area contributed by atoms with E-state index < -0.39 is 0 Å². The summed E-state index contributed by atoms with van der Waals surface area (Å²) in [5.74, 6) is -0.376. The smallest absolute Gasteiger partial charge is 0.310 e. The molecule has 0 radical (unpaired) electrons. The molecule has 1 aliphatic rings. The predicted octanol–water partition coefficient (Wildman–Crippen LogP) is 1.30. The van der Waals surface area contributed by atoms with Gasteiger partial charge in [-0.15, -0.1) is 0 Å². The van der Waals surface area contributed by atoms with Crippen molar-refractivity contribution in [2.45, 2.75) is 40.2 Å². The number of aryl methyl sites for hydroxylation is 2. The lowest BCUT2D eigenvalue weighted by atomic mass is 9.98. The van der Waals surface area contributed by atoms with Crippen LogP contribution in [-0.4, -0.2) is 46.3 Å². The number of carbonyl (C=O) groups is 2. The maximum absolute atomic E-state index is 12.4. The molecule has 1 aromatic rings. The summed E-state index contributed by atoms with van der Waals surface area (Å²) in [4.78, 5) is 25.9. The molecule has 0 spiro atoms.